The SMILES string of the molecule is O=[N+]([O-])c1ccccc1CSP1(=O)OC[C@H]2O[C@H]([C@H](F)[C@@H]2O)n2cnc3c(ncnc32)CC/C=C/CCc2ncnc3c2ncn3C2O[C@H](CO)[C@@H](O1)[C@H]2F. The van der Waals surface area contributed by atoms with Crippen molar-refractivity contribution < 1.29 is 47.0 Å². The van der Waals surface area contributed by atoms with E-state index in [1.54, 1.807) is 6.07 Å². The second kappa shape index (κ2) is 15.7. The van der Waals surface area contributed by atoms with E-state index in [0.29, 0.717) is 59.5 Å². The Kier molecular flexibility index (Phi) is 10.7. The van der Waals surface area contributed by atoms with Crippen LogP contribution in [-0.2, 0) is 41.7 Å². The van der Waals surface area contributed by atoms with Crippen LogP contribution in [0.5, 0.6) is 0 Å². The first kappa shape index (κ1) is 37.6. The van der Waals surface area contributed by atoms with Crippen LogP contribution in [0.25, 0.3) is 22.3 Å². The molecule has 2 saturated heterocycles. The number of allylic oxidation sites excluding steroid dienone is 2. The monoisotopic (exact) mass is 801 g/mol. The molecule has 2 unspecified atom stereocenters. The van der Waals surface area contributed by atoms with Gasteiger partial charge in [-0.3, -0.25) is 28.3 Å². The van der Waals surface area contributed by atoms with Crippen LogP contribution in [0.15, 0.2) is 61.7 Å². The summed E-state index contributed by atoms with van der Waals surface area (Å²) < 4.78 is 73.1. The number of halogens is 2. The average molecular weight is 802 g/mol. The molecule has 7 heterocycles. The van der Waals surface area contributed by atoms with Crippen molar-refractivity contribution in [2.45, 2.75) is 80.7 Å². The molecule has 2 fully saturated rings. The minimum Gasteiger partial charge on any atom is -0.394 e. The van der Waals surface area contributed by atoms with Gasteiger partial charge in [-0.25, -0.2) is 43.2 Å². The van der Waals surface area contributed by atoms with Gasteiger partial charge in [0.15, 0.2) is 36.1 Å². The maximum atomic E-state index is 16.6. The molecular weight excluding hydrogens is 767 g/mol. The Bertz CT molecular complexity index is 2280. The number of hydrogen-bond acceptors (Lipinski definition) is 16. The molecule has 290 valence electrons. The van der Waals surface area contributed by atoms with Gasteiger partial charge in [0, 0.05) is 17.4 Å². The molecule has 0 amide bonds. The highest BCUT2D eigenvalue weighted by atomic mass is 32.7. The summed E-state index contributed by atoms with van der Waals surface area (Å²) in [7, 11) is 0. The molecule has 2 N–H and O–H groups in total. The van der Waals surface area contributed by atoms with Gasteiger partial charge in [-0.05, 0) is 37.1 Å². The molecule has 1 aromatic carbocycles. The lowest BCUT2D eigenvalue weighted by Crippen LogP contribution is -2.34. The van der Waals surface area contributed by atoms with Crippen molar-refractivity contribution in [1.29, 1.82) is 0 Å². The molecule has 5 aromatic rings. The number of fused-ring (bicyclic) bond motifs is 6. The standard InChI is InChI=1S/C33H34F2N9O9PS/c34-24-28(46)23-12-50-54(49,55-13-18-7-5-6-10-21(18)44(47)48)53-29-22(11-45)51-33(25(29)35)43-17-41-27-20(37-15-39-31(27)43)9-4-2-1-3-8-19-26-30(38-14-36-19)42(16-40-26)32(24)52-23/h1-2,5-7,10,14-17,22-25,28-29,32-33,45-46H,3-4,8-9,11-13H2/b2-1+/t22-,23-,24-,25-,28-,29-,32-,33?,54?/m1/s1. The van der Waals surface area contributed by atoms with Crippen molar-refractivity contribution in [1.82, 2.24) is 39.0 Å². The fourth-order valence-corrected chi connectivity index (χ4v) is 10.2. The molecule has 8 rings (SSSR count). The fraction of sp³-hybridized carbons (Fsp3) is 0.455. The molecule has 3 aliphatic heterocycles. The summed E-state index contributed by atoms with van der Waals surface area (Å²) in [4.78, 5) is 37.3. The van der Waals surface area contributed by atoms with Crippen molar-refractivity contribution in [3.8, 4) is 0 Å². The topological polar surface area (TPSA) is 225 Å². The van der Waals surface area contributed by atoms with Gasteiger partial charge in [0.05, 0.1) is 42.2 Å². The quantitative estimate of drug-likeness (QED) is 0.110. The van der Waals surface area contributed by atoms with Gasteiger partial charge in [-0.2, -0.15) is 0 Å². The molecule has 55 heavy (non-hydrogen) atoms. The van der Waals surface area contributed by atoms with Crippen LogP contribution < -0.4 is 0 Å². The third kappa shape index (κ3) is 7.26. The Hall–Kier alpha value is -4.34. The van der Waals surface area contributed by atoms with Gasteiger partial charge in [0.1, 0.15) is 48.1 Å². The smallest absolute Gasteiger partial charge is 0.390 e. The van der Waals surface area contributed by atoms with Gasteiger partial charge in [-0.1, -0.05) is 30.4 Å². The number of para-hydroxylation sites is 1. The maximum absolute atomic E-state index is 16.6. The summed E-state index contributed by atoms with van der Waals surface area (Å²) in [6.45, 7) is -6.07. The van der Waals surface area contributed by atoms with Crippen molar-refractivity contribution in [3.05, 3.63) is 88.8 Å². The van der Waals surface area contributed by atoms with Crippen LogP contribution in [0.2, 0.25) is 0 Å². The molecular formula is C33H34F2N9O9PS. The van der Waals surface area contributed by atoms with Gasteiger partial charge < -0.3 is 19.7 Å². The Balaban J connectivity index is 1.15. The van der Waals surface area contributed by atoms with E-state index in [1.165, 1.54) is 52.6 Å². The predicted octanol–water partition coefficient (Wildman–Crippen LogP) is 4.28. The number of imidazole rings is 2. The van der Waals surface area contributed by atoms with Crippen LogP contribution in [0.4, 0.5) is 14.5 Å². The maximum Gasteiger partial charge on any atom is 0.390 e. The number of aryl methyl sites for hydroxylation is 2. The van der Waals surface area contributed by atoms with Gasteiger partial charge >= 0.3 is 6.80 Å². The summed E-state index contributed by atoms with van der Waals surface area (Å²) >= 11 is 0.511. The van der Waals surface area contributed by atoms with Crippen LogP contribution in [0, 0.1) is 10.1 Å². The van der Waals surface area contributed by atoms with Crippen molar-refractivity contribution in [3.63, 3.8) is 0 Å². The van der Waals surface area contributed by atoms with E-state index in [9.17, 15) is 24.9 Å². The molecule has 0 radical (unpaired) electrons. The zero-order valence-corrected chi connectivity index (χ0v) is 30.4. The molecule has 9 atom stereocenters. The largest absolute Gasteiger partial charge is 0.394 e. The first-order chi connectivity index (χ1) is 26.7. The normalized spacial score (nSPS) is 30.9. The minimum atomic E-state index is -4.61. The molecule has 12 bridgehead atoms. The number of nitrogens with zero attached hydrogens (tertiary/aromatic N) is 9. The number of aliphatic hydroxyl groups excluding tert-OH is 2. The van der Waals surface area contributed by atoms with E-state index in [1.807, 2.05) is 12.2 Å². The number of aromatic nitrogens is 8. The fourth-order valence-electron chi connectivity index (χ4n) is 6.84. The van der Waals surface area contributed by atoms with Crippen LogP contribution >= 0.6 is 18.2 Å². The van der Waals surface area contributed by atoms with E-state index < -0.39 is 74.1 Å². The van der Waals surface area contributed by atoms with Crippen molar-refractivity contribution in [2.24, 2.45) is 0 Å². The number of aliphatic hydroxyl groups is 2. The number of nitro groups is 1. The van der Waals surface area contributed by atoms with E-state index in [-0.39, 0.29) is 28.3 Å². The second-order valence-electron chi connectivity index (χ2n) is 13.0. The number of ether oxygens (including phenoxy) is 2. The summed E-state index contributed by atoms with van der Waals surface area (Å²) in [6, 6.07) is 5.73. The lowest BCUT2D eigenvalue weighted by molar-refractivity contribution is -0.385. The van der Waals surface area contributed by atoms with E-state index in [4.69, 9.17) is 18.5 Å². The molecule has 22 heteroatoms. The molecule has 3 aliphatic rings. The van der Waals surface area contributed by atoms with Crippen LogP contribution in [0.3, 0.4) is 0 Å². The van der Waals surface area contributed by atoms with Crippen molar-refractivity contribution >= 4 is 46.2 Å². The third-order valence-corrected chi connectivity index (χ3v) is 13.3. The van der Waals surface area contributed by atoms with Crippen LogP contribution in [0.1, 0.15) is 42.2 Å². The van der Waals surface area contributed by atoms with E-state index >= 15 is 8.78 Å². The zero-order chi connectivity index (χ0) is 38.3. The van der Waals surface area contributed by atoms with Gasteiger partial charge in [0.2, 0.25) is 0 Å². The Morgan fingerprint density at radius 2 is 1.53 bits per heavy atom. The van der Waals surface area contributed by atoms with E-state index in [0.717, 1.165) is 0 Å². The number of alkyl halides is 2. The number of benzene rings is 1. The lowest BCUT2D eigenvalue weighted by Gasteiger charge is -2.26. The summed E-state index contributed by atoms with van der Waals surface area (Å²) in [5.74, 6) is -0.293. The average Bonchev–Trinajstić information content (AvgIpc) is 3.96. The summed E-state index contributed by atoms with van der Waals surface area (Å²) in [5, 5.41) is 33.0. The molecule has 0 spiro atoms. The van der Waals surface area contributed by atoms with Crippen LogP contribution in [-0.4, -0.2) is 104 Å². The molecule has 0 saturated carbocycles. The highest BCUT2D eigenvalue weighted by Crippen LogP contribution is 2.64. The van der Waals surface area contributed by atoms with Crippen molar-refractivity contribution in [2.75, 3.05) is 13.2 Å². The number of nitro benzene ring substituents is 1. The first-order valence-corrected chi connectivity index (χ1v) is 20.4. The highest BCUT2D eigenvalue weighted by molar-refractivity contribution is 8.54. The molecule has 4 aromatic heterocycles. The Labute approximate surface area is 314 Å². The van der Waals surface area contributed by atoms with E-state index in [2.05, 4.69) is 29.9 Å². The summed E-state index contributed by atoms with van der Waals surface area (Å²) in [5.41, 5.74) is 2.49. The third-order valence-electron chi connectivity index (χ3n) is 9.63. The Morgan fingerprint density at radius 3 is 2.15 bits per heavy atom. The number of hydrogen-bond donors (Lipinski definition) is 2. The highest BCUT2D eigenvalue weighted by Gasteiger charge is 2.52. The number of rotatable bonds is 5. The minimum absolute atomic E-state index is 0.158. The molecule has 0 aliphatic carbocycles. The summed E-state index contributed by atoms with van der Waals surface area (Å²) in [6.07, 6.45) is -1.68. The van der Waals surface area contributed by atoms with Gasteiger partial charge in [0.25, 0.3) is 5.69 Å². The second-order valence-corrected chi connectivity index (χ2v) is 17.0. The van der Waals surface area contributed by atoms with Gasteiger partial charge in [-0.15, -0.1) is 0 Å². The lowest BCUT2D eigenvalue weighted by atomic mass is 10.1. The predicted molar refractivity (Wildman–Crippen MR) is 190 cm³/mol. The Morgan fingerprint density at radius 1 is 0.909 bits per heavy atom. The molecule has 18 nitrogen and oxygen atoms in total. The zero-order valence-electron chi connectivity index (χ0n) is 28.7. The first-order valence-electron chi connectivity index (χ1n) is 17.3.